The highest BCUT2D eigenvalue weighted by Gasteiger charge is 2.61. The molecule has 1 saturated heterocycles. The highest BCUT2D eigenvalue weighted by molar-refractivity contribution is 6.11. The van der Waals surface area contributed by atoms with Gasteiger partial charge in [0.2, 0.25) is 17.7 Å². The summed E-state index contributed by atoms with van der Waals surface area (Å²) in [5.41, 5.74) is 0.890. The van der Waals surface area contributed by atoms with E-state index in [2.05, 4.69) is 5.32 Å². The van der Waals surface area contributed by atoms with Crippen molar-refractivity contribution >= 4 is 29.1 Å². The first kappa shape index (κ1) is 20.1. The summed E-state index contributed by atoms with van der Waals surface area (Å²) in [6, 6.07) is 13.7. The van der Waals surface area contributed by atoms with Crippen molar-refractivity contribution in [3.8, 4) is 0 Å². The normalized spacial score (nSPS) is 26.3. The zero-order valence-electron chi connectivity index (χ0n) is 17.1. The maximum Gasteiger partial charge on any atom is 0.271 e. The summed E-state index contributed by atoms with van der Waals surface area (Å²) in [4.78, 5) is 51.6. The summed E-state index contributed by atoms with van der Waals surface area (Å²) >= 11 is 0. The highest BCUT2D eigenvalue weighted by Crippen LogP contribution is 2.53. The van der Waals surface area contributed by atoms with Gasteiger partial charge in [0, 0.05) is 24.2 Å². The van der Waals surface area contributed by atoms with Gasteiger partial charge in [0.1, 0.15) is 6.04 Å². The molecule has 3 aliphatic rings. The number of non-ortho nitro benzene ring substituents is 1. The lowest BCUT2D eigenvalue weighted by molar-refractivity contribution is -0.384. The Morgan fingerprint density at radius 2 is 1.69 bits per heavy atom. The molecule has 8 heteroatoms. The standard InChI is InChI=1S/C24H21N3O5/c28-22(25-17-7-4-8-18(13-17)27(31)32)19(11-14-5-2-1-3-6-14)26-23(29)20-15-9-10-16(12-15)21(20)24(26)30/h1-10,13,15-16,19-21H,11-12H2,(H,25,28)/t15-,16+,19-,20-,21+/m0/s1. The van der Waals surface area contributed by atoms with Crippen LogP contribution in [0.25, 0.3) is 0 Å². The average Bonchev–Trinajstić information content (AvgIpc) is 3.47. The van der Waals surface area contributed by atoms with Crippen LogP contribution in [0.1, 0.15) is 12.0 Å². The zero-order chi connectivity index (χ0) is 22.4. The molecule has 8 nitrogen and oxygen atoms in total. The van der Waals surface area contributed by atoms with Gasteiger partial charge in [-0.1, -0.05) is 48.6 Å². The van der Waals surface area contributed by atoms with Crippen molar-refractivity contribution in [2.75, 3.05) is 5.32 Å². The summed E-state index contributed by atoms with van der Waals surface area (Å²) < 4.78 is 0. The minimum Gasteiger partial charge on any atom is -0.324 e. The maximum absolute atomic E-state index is 13.3. The first-order chi connectivity index (χ1) is 15.4. The van der Waals surface area contributed by atoms with Gasteiger partial charge in [-0.3, -0.25) is 29.4 Å². The van der Waals surface area contributed by atoms with E-state index in [1.54, 1.807) is 0 Å². The molecular formula is C24H21N3O5. The van der Waals surface area contributed by atoms with E-state index in [4.69, 9.17) is 0 Å². The van der Waals surface area contributed by atoms with Crippen molar-refractivity contribution in [3.05, 3.63) is 82.4 Å². The quantitative estimate of drug-likeness (QED) is 0.327. The summed E-state index contributed by atoms with van der Waals surface area (Å²) in [5.74, 6) is -1.86. The Balaban J connectivity index is 1.45. The lowest BCUT2D eigenvalue weighted by atomic mass is 9.85. The zero-order valence-corrected chi connectivity index (χ0v) is 17.1. The fourth-order valence-corrected chi connectivity index (χ4v) is 5.29. The van der Waals surface area contributed by atoms with Crippen LogP contribution in [0.15, 0.2) is 66.7 Å². The van der Waals surface area contributed by atoms with E-state index >= 15 is 0 Å². The van der Waals surface area contributed by atoms with Crippen LogP contribution in [-0.2, 0) is 20.8 Å². The summed E-state index contributed by atoms with van der Waals surface area (Å²) in [5, 5.41) is 13.8. The third-order valence-corrected chi connectivity index (χ3v) is 6.72. The first-order valence-electron chi connectivity index (χ1n) is 10.6. The number of carbonyl (C=O) groups is 3. The minimum absolute atomic E-state index is 0.0451. The number of amides is 3. The summed E-state index contributed by atoms with van der Waals surface area (Å²) in [6.07, 6.45) is 5.00. The average molecular weight is 431 g/mol. The number of nitrogens with one attached hydrogen (secondary N) is 1. The number of hydrogen-bond acceptors (Lipinski definition) is 5. The van der Waals surface area contributed by atoms with Gasteiger partial charge in [0.05, 0.1) is 16.8 Å². The highest BCUT2D eigenvalue weighted by atomic mass is 16.6. The Hall–Kier alpha value is -3.81. The van der Waals surface area contributed by atoms with Crippen LogP contribution in [0.5, 0.6) is 0 Å². The Morgan fingerprint density at radius 1 is 1.03 bits per heavy atom. The van der Waals surface area contributed by atoms with E-state index in [9.17, 15) is 24.5 Å². The number of benzene rings is 2. The van der Waals surface area contributed by atoms with Crippen molar-refractivity contribution in [2.45, 2.75) is 18.9 Å². The predicted molar refractivity (Wildman–Crippen MR) is 115 cm³/mol. The van der Waals surface area contributed by atoms with Crippen molar-refractivity contribution in [1.82, 2.24) is 4.90 Å². The van der Waals surface area contributed by atoms with Crippen molar-refractivity contribution in [1.29, 1.82) is 0 Å². The van der Waals surface area contributed by atoms with Crippen LogP contribution in [-0.4, -0.2) is 33.6 Å². The molecule has 1 saturated carbocycles. The van der Waals surface area contributed by atoms with Crippen LogP contribution >= 0.6 is 0 Å². The number of nitro benzene ring substituents is 1. The SMILES string of the molecule is O=C(Nc1cccc([N+](=O)[O-])c1)[C@H](Cc1ccccc1)N1C(=O)[C@@H]2[C@H](C1=O)[C@@H]1C=C[C@H]2C1. The third-order valence-electron chi connectivity index (χ3n) is 6.72. The summed E-state index contributed by atoms with van der Waals surface area (Å²) in [7, 11) is 0. The second-order valence-electron chi connectivity index (χ2n) is 8.55. The van der Waals surface area contributed by atoms with Gasteiger partial charge >= 0.3 is 0 Å². The molecule has 5 atom stereocenters. The fraction of sp³-hybridized carbons (Fsp3) is 0.292. The van der Waals surface area contributed by atoms with E-state index in [-0.39, 0.29) is 41.4 Å². The van der Waals surface area contributed by atoms with Gasteiger partial charge in [0.15, 0.2) is 0 Å². The van der Waals surface area contributed by atoms with Crippen molar-refractivity contribution < 1.29 is 19.3 Å². The number of fused-ring (bicyclic) bond motifs is 5. The number of likely N-dealkylation sites (tertiary alicyclic amines) is 1. The molecule has 32 heavy (non-hydrogen) atoms. The van der Waals surface area contributed by atoms with Gasteiger partial charge in [0.25, 0.3) is 5.69 Å². The molecule has 1 heterocycles. The Morgan fingerprint density at radius 3 is 2.31 bits per heavy atom. The molecule has 0 unspecified atom stereocenters. The number of imide groups is 1. The Bertz CT molecular complexity index is 1120. The second kappa shape index (κ2) is 7.71. The Labute approximate surface area is 184 Å². The van der Waals surface area contributed by atoms with Crippen LogP contribution in [0, 0.1) is 33.8 Å². The van der Waals surface area contributed by atoms with E-state index in [0.717, 1.165) is 16.9 Å². The van der Waals surface area contributed by atoms with Crippen LogP contribution in [0.4, 0.5) is 11.4 Å². The molecule has 1 aliphatic heterocycles. The number of nitro groups is 1. The molecule has 1 N–H and O–H groups in total. The van der Waals surface area contributed by atoms with Crippen LogP contribution < -0.4 is 5.32 Å². The minimum atomic E-state index is -1.04. The number of rotatable bonds is 6. The molecule has 0 spiro atoms. The first-order valence-corrected chi connectivity index (χ1v) is 10.6. The number of carbonyl (C=O) groups excluding carboxylic acids is 3. The maximum atomic E-state index is 13.3. The number of allylic oxidation sites excluding steroid dienone is 2. The lowest BCUT2D eigenvalue weighted by Crippen LogP contribution is -2.49. The number of hydrogen-bond donors (Lipinski definition) is 1. The van der Waals surface area contributed by atoms with Crippen molar-refractivity contribution in [3.63, 3.8) is 0 Å². The van der Waals surface area contributed by atoms with Crippen molar-refractivity contribution in [2.24, 2.45) is 23.7 Å². The molecule has 0 radical (unpaired) electrons. The smallest absolute Gasteiger partial charge is 0.271 e. The fourth-order valence-electron chi connectivity index (χ4n) is 5.29. The summed E-state index contributed by atoms with van der Waals surface area (Å²) in [6.45, 7) is 0. The Kier molecular flexibility index (Phi) is 4.84. The van der Waals surface area contributed by atoms with E-state index in [1.807, 2.05) is 42.5 Å². The molecule has 2 aromatic rings. The molecule has 2 fully saturated rings. The van der Waals surface area contributed by atoms with E-state index < -0.39 is 28.7 Å². The number of anilines is 1. The molecule has 162 valence electrons. The van der Waals surface area contributed by atoms with Gasteiger partial charge in [-0.05, 0) is 29.9 Å². The van der Waals surface area contributed by atoms with Gasteiger partial charge in [-0.15, -0.1) is 0 Å². The van der Waals surface area contributed by atoms with Crippen LogP contribution in [0.3, 0.4) is 0 Å². The third kappa shape index (κ3) is 3.28. The largest absolute Gasteiger partial charge is 0.324 e. The molecule has 2 aliphatic carbocycles. The molecule has 3 amide bonds. The molecule has 0 aromatic heterocycles. The predicted octanol–water partition coefficient (Wildman–Crippen LogP) is 2.95. The van der Waals surface area contributed by atoms with Gasteiger partial charge < -0.3 is 5.32 Å². The molecule has 2 aromatic carbocycles. The van der Waals surface area contributed by atoms with Crippen LogP contribution in [0.2, 0.25) is 0 Å². The van der Waals surface area contributed by atoms with Gasteiger partial charge in [-0.2, -0.15) is 0 Å². The molecule has 5 rings (SSSR count). The number of nitrogens with zero attached hydrogens (tertiary/aromatic N) is 2. The monoisotopic (exact) mass is 431 g/mol. The topological polar surface area (TPSA) is 110 Å². The van der Waals surface area contributed by atoms with Gasteiger partial charge in [-0.25, -0.2) is 0 Å². The lowest BCUT2D eigenvalue weighted by Gasteiger charge is -2.27. The van der Waals surface area contributed by atoms with E-state index in [0.29, 0.717) is 0 Å². The second-order valence-corrected chi connectivity index (χ2v) is 8.55. The molecular weight excluding hydrogens is 410 g/mol. The molecule has 2 bridgehead atoms. The van der Waals surface area contributed by atoms with E-state index in [1.165, 1.54) is 24.3 Å².